The number of pyridine rings is 1. The van der Waals surface area contributed by atoms with Gasteiger partial charge in [0, 0.05) is 36.6 Å². The first-order chi connectivity index (χ1) is 10.8. The third-order valence-corrected chi connectivity index (χ3v) is 5.27. The van der Waals surface area contributed by atoms with E-state index in [1.54, 1.807) is 0 Å². The van der Waals surface area contributed by atoms with Gasteiger partial charge in [0.15, 0.2) is 0 Å². The lowest BCUT2D eigenvalue weighted by Crippen LogP contribution is -2.27. The number of hydrogen-bond donors (Lipinski definition) is 1. The van der Waals surface area contributed by atoms with Gasteiger partial charge in [0.2, 0.25) is 0 Å². The van der Waals surface area contributed by atoms with Gasteiger partial charge in [-0.3, -0.25) is 4.98 Å². The number of rotatable bonds is 3. The van der Waals surface area contributed by atoms with Gasteiger partial charge < -0.3 is 10.2 Å². The van der Waals surface area contributed by atoms with Crippen molar-refractivity contribution in [3.8, 4) is 11.1 Å². The van der Waals surface area contributed by atoms with Crippen molar-refractivity contribution in [1.29, 1.82) is 0 Å². The number of benzene rings is 1. The van der Waals surface area contributed by atoms with Crippen molar-refractivity contribution in [2.24, 2.45) is 0 Å². The number of aromatic nitrogens is 1. The zero-order valence-electron chi connectivity index (χ0n) is 13.1. The van der Waals surface area contributed by atoms with Crippen molar-refractivity contribution < 1.29 is 0 Å². The van der Waals surface area contributed by atoms with E-state index in [4.69, 9.17) is 0 Å². The van der Waals surface area contributed by atoms with Gasteiger partial charge in [0.05, 0.1) is 0 Å². The highest BCUT2D eigenvalue weighted by Gasteiger charge is 2.29. The van der Waals surface area contributed by atoms with Crippen LogP contribution in [0.25, 0.3) is 11.1 Å². The van der Waals surface area contributed by atoms with E-state index < -0.39 is 0 Å². The smallest absolute Gasteiger partial charge is 0.0376 e. The van der Waals surface area contributed by atoms with Gasteiger partial charge in [0.1, 0.15) is 0 Å². The Balaban J connectivity index is 1.60. The average Bonchev–Trinajstić information content (AvgIpc) is 3.15. The molecule has 114 valence electrons. The molecule has 2 atom stereocenters. The second kappa shape index (κ2) is 5.73. The summed E-state index contributed by atoms with van der Waals surface area (Å²) in [6.45, 7) is 2.34. The van der Waals surface area contributed by atoms with E-state index in [0.717, 1.165) is 12.6 Å². The van der Waals surface area contributed by atoms with Crippen molar-refractivity contribution >= 4 is 5.69 Å². The summed E-state index contributed by atoms with van der Waals surface area (Å²) >= 11 is 0. The lowest BCUT2D eigenvalue weighted by Gasteiger charge is -2.23. The lowest BCUT2D eigenvalue weighted by atomic mass is 9.91. The third kappa shape index (κ3) is 2.50. The topological polar surface area (TPSA) is 28.2 Å². The summed E-state index contributed by atoms with van der Waals surface area (Å²) in [4.78, 5) is 6.65. The van der Waals surface area contributed by atoms with Crippen LogP contribution in [0.3, 0.4) is 0 Å². The van der Waals surface area contributed by atoms with Crippen molar-refractivity contribution in [2.75, 3.05) is 25.5 Å². The molecule has 3 nitrogen and oxygen atoms in total. The number of likely N-dealkylation sites (tertiary alicyclic amines) is 1. The van der Waals surface area contributed by atoms with Crippen LogP contribution in [-0.4, -0.2) is 36.1 Å². The Hall–Kier alpha value is -1.87. The number of nitrogens with zero attached hydrogens (tertiary/aromatic N) is 2. The molecule has 1 N–H and O–H groups in total. The molecule has 3 heterocycles. The Kier molecular flexibility index (Phi) is 3.59. The Morgan fingerprint density at radius 3 is 2.82 bits per heavy atom. The molecule has 2 aliphatic heterocycles. The molecule has 0 bridgehead atoms. The Bertz CT molecular complexity index is 653. The fourth-order valence-electron chi connectivity index (χ4n) is 3.94. The SMILES string of the molecule is CN1CCC[C@@H]1CC1CNc2ccc(-c3ccncc3)cc21. The monoisotopic (exact) mass is 293 g/mol. The Morgan fingerprint density at radius 1 is 1.18 bits per heavy atom. The third-order valence-electron chi connectivity index (χ3n) is 5.27. The van der Waals surface area contributed by atoms with Crippen molar-refractivity contribution in [2.45, 2.75) is 31.2 Å². The summed E-state index contributed by atoms with van der Waals surface area (Å²) in [5.74, 6) is 0.641. The lowest BCUT2D eigenvalue weighted by molar-refractivity contribution is 0.285. The minimum Gasteiger partial charge on any atom is -0.384 e. The molecule has 0 spiro atoms. The predicted octanol–water partition coefficient (Wildman–Crippen LogP) is 3.74. The molecular formula is C19H23N3. The molecule has 1 unspecified atom stereocenters. The van der Waals surface area contributed by atoms with E-state index in [-0.39, 0.29) is 0 Å². The summed E-state index contributed by atoms with van der Waals surface area (Å²) in [6.07, 6.45) is 7.71. The summed E-state index contributed by atoms with van der Waals surface area (Å²) in [5.41, 5.74) is 5.37. The quantitative estimate of drug-likeness (QED) is 0.934. The van der Waals surface area contributed by atoms with Crippen LogP contribution in [0.15, 0.2) is 42.7 Å². The highest BCUT2D eigenvalue weighted by Crippen LogP contribution is 2.38. The molecule has 1 fully saturated rings. The zero-order chi connectivity index (χ0) is 14.9. The second-order valence-electron chi connectivity index (χ2n) is 6.63. The molecule has 4 rings (SSSR count). The van der Waals surface area contributed by atoms with Crippen LogP contribution in [0.5, 0.6) is 0 Å². The van der Waals surface area contributed by atoms with Crippen molar-refractivity contribution in [3.05, 3.63) is 48.3 Å². The second-order valence-corrected chi connectivity index (χ2v) is 6.63. The molecule has 1 aromatic heterocycles. The molecule has 22 heavy (non-hydrogen) atoms. The number of nitrogens with one attached hydrogen (secondary N) is 1. The van der Waals surface area contributed by atoms with Crippen LogP contribution < -0.4 is 5.32 Å². The van der Waals surface area contributed by atoms with Crippen LogP contribution in [0.2, 0.25) is 0 Å². The molecule has 0 amide bonds. The molecule has 1 saturated heterocycles. The highest BCUT2D eigenvalue weighted by atomic mass is 15.1. The summed E-state index contributed by atoms with van der Waals surface area (Å²) < 4.78 is 0. The largest absolute Gasteiger partial charge is 0.384 e. The van der Waals surface area contributed by atoms with E-state index in [2.05, 4.69) is 52.6 Å². The van der Waals surface area contributed by atoms with E-state index in [1.165, 1.54) is 48.2 Å². The van der Waals surface area contributed by atoms with E-state index in [9.17, 15) is 0 Å². The number of anilines is 1. The molecular weight excluding hydrogens is 270 g/mol. The Morgan fingerprint density at radius 2 is 2.05 bits per heavy atom. The van der Waals surface area contributed by atoms with Crippen LogP contribution in [0.4, 0.5) is 5.69 Å². The molecule has 0 aliphatic carbocycles. The molecule has 1 aromatic carbocycles. The maximum atomic E-state index is 4.12. The summed E-state index contributed by atoms with van der Waals surface area (Å²) in [5, 5.41) is 3.59. The summed E-state index contributed by atoms with van der Waals surface area (Å²) in [6, 6.07) is 11.8. The first kappa shape index (κ1) is 13.8. The first-order valence-electron chi connectivity index (χ1n) is 8.30. The standard InChI is InChI=1S/C19H23N3/c1-22-10-2-3-17(22)11-16-13-21-19-5-4-15(12-18(16)19)14-6-8-20-9-7-14/h4-9,12,16-17,21H,2-3,10-11,13H2,1H3/t16?,17-/m1/s1. The maximum Gasteiger partial charge on any atom is 0.0376 e. The van der Waals surface area contributed by atoms with Crippen molar-refractivity contribution in [3.63, 3.8) is 0 Å². The number of hydrogen-bond acceptors (Lipinski definition) is 3. The zero-order valence-corrected chi connectivity index (χ0v) is 13.1. The minimum absolute atomic E-state index is 0.641. The fourth-order valence-corrected chi connectivity index (χ4v) is 3.94. The van der Waals surface area contributed by atoms with Gasteiger partial charge in [-0.15, -0.1) is 0 Å². The van der Waals surface area contributed by atoms with E-state index in [1.807, 2.05) is 12.4 Å². The first-order valence-corrected chi connectivity index (χ1v) is 8.30. The molecule has 0 saturated carbocycles. The average molecular weight is 293 g/mol. The summed E-state index contributed by atoms with van der Waals surface area (Å²) in [7, 11) is 2.27. The molecule has 3 heteroatoms. The molecule has 2 aromatic rings. The van der Waals surface area contributed by atoms with Gasteiger partial charge in [-0.25, -0.2) is 0 Å². The van der Waals surface area contributed by atoms with Gasteiger partial charge >= 0.3 is 0 Å². The van der Waals surface area contributed by atoms with Crippen LogP contribution in [0.1, 0.15) is 30.7 Å². The van der Waals surface area contributed by atoms with Crippen LogP contribution >= 0.6 is 0 Å². The molecule has 2 aliphatic rings. The fraction of sp³-hybridized carbons (Fsp3) is 0.421. The van der Waals surface area contributed by atoms with E-state index >= 15 is 0 Å². The van der Waals surface area contributed by atoms with Gasteiger partial charge in [-0.2, -0.15) is 0 Å². The molecule has 0 radical (unpaired) electrons. The highest BCUT2D eigenvalue weighted by molar-refractivity contribution is 5.70. The van der Waals surface area contributed by atoms with E-state index in [0.29, 0.717) is 5.92 Å². The minimum atomic E-state index is 0.641. The maximum absolute atomic E-state index is 4.12. The van der Waals surface area contributed by atoms with Gasteiger partial charge in [0.25, 0.3) is 0 Å². The predicted molar refractivity (Wildman–Crippen MR) is 91.2 cm³/mol. The van der Waals surface area contributed by atoms with Crippen LogP contribution in [0, 0.1) is 0 Å². The van der Waals surface area contributed by atoms with Crippen LogP contribution in [-0.2, 0) is 0 Å². The van der Waals surface area contributed by atoms with Crippen molar-refractivity contribution in [1.82, 2.24) is 9.88 Å². The number of fused-ring (bicyclic) bond motifs is 1. The van der Waals surface area contributed by atoms with Gasteiger partial charge in [-0.1, -0.05) is 6.07 Å². The Labute approximate surface area is 132 Å². The normalized spacial score (nSPS) is 24.2. The van der Waals surface area contributed by atoms with Gasteiger partial charge in [-0.05, 0) is 73.8 Å².